The Kier molecular flexibility index (Phi) is 2.73. The van der Waals surface area contributed by atoms with E-state index >= 15 is 0 Å². The summed E-state index contributed by atoms with van der Waals surface area (Å²) < 4.78 is 0. The predicted octanol–water partition coefficient (Wildman–Crippen LogP) is 2.37. The van der Waals surface area contributed by atoms with Crippen LogP contribution in [0.4, 0.5) is 10.5 Å². The molecule has 6 heteroatoms. The molecule has 80 valence electrons. The van der Waals surface area contributed by atoms with Gasteiger partial charge in [-0.1, -0.05) is 23.2 Å². The molecule has 0 saturated carbocycles. The van der Waals surface area contributed by atoms with Crippen LogP contribution in [0.2, 0.25) is 10.0 Å². The van der Waals surface area contributed by atoms with E-state index in [4.69, 9.17) is 23.2 Å². The number of hydrazine groups is 1. The molecule has 1 unspecified atom stereocenters. The summed E-state index contributed by atoms with van der Waals surface area (Å²) in [5.41, 5.74) is 3.60. The number of anilines is 1. The van der Waals surface area contributed by atoms with Crippen molar-refractivity contribution in [1.29, 1.82) is 0 Å². The minimum absolute atomic E-state index is 0.0908. The van der Waals surface area contributed by atoms with Crippen LogP contribution in [0.1, 0.15) is 6.92 Å². The van der Waals surface area contributed by atoms with E-state index < -0.39 is 0 Å². The number of nitrogens with zero attached hydrogens (tertiary/aromatic N) is 1. The second kappa shape index (κ2) is 3.89. The molecule has 0 radical (unpaired) electrons. The fraction of sp³-hybridized carbons (Fsp3) is 0.222. The van der Waals surface area contributed by atoms with Crippen molar-refractivity contribution in [2.75, 3.05) is 5.01 Å². The third-order valence-electron chi connectivity index (χ3n) is 2.03. The Morgan fingerprint density at radius 1 is 1.33 bits per heavy atom. The number of amides is 2. The van der Waals surface area contributed by atoms with E-state index in [-0.39, 0.29) is 12.2 Å². The summed E-state index contributed by atoms with van der Waals surface area (Å²) in [6.07, 6.45) is -0.0908. The molecule has 1 aromatic carbocycles. The molecule has 4 nitrogen and oxygen atoms in total. The first-order valence-electron chi connectivity index (χ1n) is 4.40. The zero-order valence-corrected chi connectivity index (χ0v) is 9.43. The molecule has 0 aromatic heterocycles. The Bertz CT molecular complexity index is 410. The van der Waals surface area contributed by atoms with Gasteiger partial charge in [0.15, 0.2) is 0 Å². The lowest BCUT2D eigenvalue weighted by Crippen LogP contribution is -2.36. The lowest BCUT2D eigenvalue weighted by molar-refractivity contribution is 0.251. The van der Waals surface area contributed by atoms with Gasteiger partial charge in [-0.3, -0.25) is 0 Å². The first-order chi connectivity index (χ1) is 7.08. The summed E-state index contributed by atoms with van der Waals surface area (Å²) in [6, 6.07) is 4.80. The SMILES string of the molecule is CC1NC(=O)N(c2ccc(Cl)c(Cl)c2)N1. The summed E-state index contributed by atoms with van der Waals surface area (Å²) in [5, 5.41) is 4.98. The second-order valence-electron chi connectivity index (χ2n) is 3.23. The molecule has 1 aromatic rings. The van der Waals surface area contributed by atoms with E-state index in [1.807, 2.05) is 6.92 Å². The van der Waals surface area contributed by atoms with E-state index in [9.17, 15) is 4.79 Å². The highest BCUT2D eigenvalue weighted by molar-refractivity contribution is 6.42. The molecule has 2 amide bonds. The maximum Gasteiger partial charge on any atom is 0.337 e. The Labute approximate surface area is 97.1 Å². The van der Waals surface area contributed by atoms with Crippen molar-refractivity contribution in [2.24, 2.45) is 0 Å². The number of hydrogen-bond acceptors (Lipinski definition) is 2. The Morgan fingerprint density at radius 2 is 2.07 bits per heavy atom. The Balaban J connectivity index is 2.30. The van der Waals surface area contributed by atoms with Gasteiger partial charge >= 0.3 is 6.03 Å². The summed E-state index contributed by atoms with van der Waals surface area (Å²) in [4.78, 5) is 11.5. The maximum atomic E-state index is 11.5. The normalized spacial score (nSPS) is 20.6. The first kappa shape index (κ1) is 10.5. The van der Waals surface area contributed by atoms with E-state index in [1.165, 1.54) is 5.01 Å². The van der Waals surface area contributed by atoms with Gasteiger partial charge in [0, 0.05) is 0 Å². The van der Waals surface area contributed by atoms with Crippen molar-refractivity contribution < 1.29 is 4.79 Å². The first-order valence-corrected chi connectivity index (χ1v) is 5.15. The highest BCUT2D eigenvalue weighted by Gasteiger charge is 2.26. The summed E-state index contributed by atoms with van der Waals surface area (Å²) in [6.45, 7) is 1.84. The summed E-state index contributed by atoms with van der Waals surface area (Å²) in [7, 11) is 0. The molecule has 0 bridgehead atoms. The van der Waals surface area contributed by atoms with Gasteiger partial charge < -0.3 is 5.32 Å². The van der Waals surface area contributed by atoms with Gasteiger partial charge in [-0.15, -0.1) is 0 Å². The molecule has 15 heavy (non-hydrogen) atoms. The third kappa shape index (κ3) is 2.02. The van der Waals surface area contributed by atoms with Gasteiger partial charge in [0.2, 0.25) is 0 Å². The van der Waals surface area contributed by atoms with Gasteiger partial charge in [-0.25, -0.2) is 15.2 Å². The van der Waals surface area contributed by atoms with Crippen LogP contribution >= 0.6 is 23.2 Å². The zero-order valence-electron chi connectivity index (χ0n) is 7.92. The highest BCUT2D eigenvalue weighted by atomic mass is 35.5. The molecule has 2 rings (SSSR count). The average Bonchev–Trinajstić information content (AvgIpc) is 2.50. The number of halogens is 2. The van der Waals surface area contributed by atoms with Crippen LogP contribution in [-0.4, -0.2) is 12.2 Å². The third-order valence-corrected chi connectivity index (χ3v) is 2.77. The molecule has 1 aliphatic heterocycles. The van der Waals surface area contributed by atoms with Gasteiger partial charge in [0.05, 0.1) is 21.9 Å². The second-order valence-corrected chi connectivity index (χ2v) is 4.05. The molecule has 0 spiro atoms. The van der Waals surface area contributed by atoms with Gasteiger partial charge in [0.1, 0.15) is 0 Å². The smallest absolute Gasteiger partial charge is 0.320 e. The molecular weight excluding hydrogens is 237 g/mol. The quantitative estimate of drug-likeness (QED) is 0.798. The van der Waals surface area contributed by atoms with Gasteiger partial charge in [-0.2, -0.15) is 0 Å². The fourth-order valence-electron chi connectivity index (χ4n) is 1.35. The van der Waals surface area contributed by atoms with E-state index in [2.05, 4.69) is 10.7 Å². The van der Waals surface area contributed by atoms with E-state index in [0.717, 1.165) is 0 Å². The average molecular weight is 246 g/mol. The summed E-state index contributed by atoms with van der Waals surface area (Å²) in [5.74, 6) is 0. The van der Waals surface area contributed by atoms with Crippen LogP contribution in [0.5, 0.6) is 0 Å². The standard InChI is InChI=1S/C9H9Cl2N3O/c1-5-12-9(15)14(13-5)6-2-3-7(10)8(11)4-6/h2-5,13H,1H3,(H,12,15). The number of carbonyl (C=O) groups is 1. The van der Waals surface area contributed by atoms with E-state index in [0.29, 0.717) is 15.7 Å². The van der Waals surface area contributed by atoms with Gasteiger partial charge in [0.25, 0.3) is 0 Å². The molecular formula is C9H9Cl2N3O. The number of benzene rings is 1. The lowest BCUT2D eigenvalue weighted by atomic mass is 10.3. The molecule has 0 aliphatic carbocycles. The van der Waals surface area contributed by atoms with Crippen molar-refractivity contribution in [3.63, 3.8) is 0 Å². The highest BCUT2D eigenvalue weighted by Crippen LogP contribution is 2.27. The number of carbonyl (C=O) groups excluding carboxylic acids is 1. The van der Waals surface area contributed by atoms with Crippen molar-refractivity contribution in [2.45, 2.75) is 13.1 Å². The van der Waals surface area contributed by atoms with Crippen LogP contribution < -0.4 is 15.8 Å². The maximum absolute atomic E-state index is 11.5. The minimum atomic E-state index is -0.208. The zero-order chi connectivity index (χ0) is 11.0. The molecule has 1 fully saturated rings. The van der Waals surface area contributed by atoms with Crippen LogP contribution in [0.3, 0.4) is 0 Å². The predicted molar refractivity (Wildman–Crippen MR) is 60.1 cm³/mol. The number of rotatable bonds is 1. The van der Waals surface area contributed by atoms with Crippen LogP contribution in [0.25, 0.3) is 0 Å². The number of urea groups is 1. The minimum Gasteiger partial charge on any atom is -0.320 e. The Hall–Kier alpha value is -0.970. The molecule has 1 saturated heterocycles. The lowest BCUT2D eigenvalue weighted by Gasteiger charge is -2.15. The summed E-state index contributed by atoms with van der Waals surface area (Å²) >= 11 is 11.6. The van der Waals surface area contributed by atoms with E-state index in [1.54, 1.807) is 18.2 Å². The van der Waals surface area contributed by atoms with Crippen molar-refractivity contribution >= 4 is 34.9 Å². The Morgan fingerprint density at radius 3 is 2.60 bits per heavy atom. The van der Waals surface area contributed by atoms with Crippen molar-refractivity contribution in [1.82, 2.24) is 10.7 Å². The largest absolute Gasteiger partial charge is 0.337 e. The van der Waals surface area contributed by atoms with Crippen LogP contribution in [0.15, 0.2) is 18.2 Å². The number of nitrogens with one attached hydrogen (secondary N) is 2. The fourth-order valence-corrected chi connectivity index (χ4v) is 1.64. The topological polar surface area (TPSA) is 44.4 Å². The monoisotopic (exact) mass is 245 g/mol. The van der Waals surface area contributed by atoms with Crippen LogP contribution in [-0.2, 0) is 0 Å². The molecule has 1 heterocycles. The molecule has 2 N–H and O–H groups in total. The van der Waals surface area contributed by atoms with Crippen molar-refractivity contribution in [3.8, 4) is 0 Å². The molecule has 1 atom stereocenters. The van der Waals surface area contributed by atoms with Crippen molar-refractivity contribution in [3.05, 3.63) is 28.2 Å². The number of hydrogen-bond donors (Lipinski definition) is 2. The van der Waals surface area contributed by atoms with Gasteiger partial charge in [-0.05, 0) is 25.1 Å². The molecule has 1 aliphatic rings. The van der Waals surface area contributed by atoms with Crippen LogP contribution in [0, 0.1) is 0 Å².